The molecule has 7 heteroatoms. The summed E-state index contributed by atoms with van der Waals surface area (Å²) in [5, 5.41) is 4.88. The van der Waals surface area contributed by atoms with Crippen LogP contribution in [0.15, 0.2) is 34.0 Å². The molecule has 2 heterocycles. The van der Waals surface area contributed by atoms with E-state index in [0.717, 1.165) is 0 Å². The van der Waals surface area contributed by atoms with Crippen molar-refractivity contribution in [3.05, 3.63) is 45.4 Å². The number of rotatable bonds is 3. The van der Waals surface area contributed by atoms with E-state index in [1.165, 1.54) is 6.07 Å². The smallest absolute Gasteiger partial charge is 0.166 e. The van der Waals surface area contributed by atoms with Gasteiger partial charge >= 0.3 is 0 Å². The maximum atomic E-state index is 5.95. The second-order valence-corrected chi connectivity index (χ2v) is 4.55. The normalized spacial score (nSPS) is 11.7. The first kappa shape index (κ1) is 13.2. The van der Waals surface area contributed by atoms with Crippen molar-refractivity contribution in [2.24, 2.45) is 5.10 Å². The molecule has 0 bridgehead atoms. The molecule has 2 aromatic rings. The van der Waals surface area contributed by atoms with Gasteiger partial charge in [-0.15, -0.1) is 0 Å². The average Bonchev–Trinajstić information content (AvgIpc) is 2.85. The van der Waals surface area contributed by atoms with E-state index < -0.39 is 0 Å². The van der Waals surface area contributed by atoms with Gasteiger partial charge in [0.25, 0.3) is 0 Å². The Kier molecular flexibility index (Phi) is 4.11. The van der Waals surface area contributed by atoms with Crippen molar-refractivity contribution in [2.45, 2.75) is 6.92 Å². The highest BCUT2D eigenvalue weighted by molar-refractivity contribution is 6.42. The van der Waals surface area contributed by atoms with Crippen molar-refractivity contribution in [2.75, 3.05) is 5.43 Å². The Balaban J connectivity index is 2.20. The van der Waals surface area contributed by atoms with Crippen LogP contribution in [0.4, 0.5) is 5.82 Å². The number of aromatic nitrogens is 1. The molecule has 0 aliphatic carbocycles. The first-order chi connectivity index (χ1) is 8.58. The second kappa shape index (κ2) is 5.61. The quantitative estimate of drug-likeness (QED) is 0.517. The average molecular weight is 305 g/mol. The van der Waals surface area contributed by atoms with Crippen LogP contribution < -0.4 is 5.43 Å². The summed E-state index contributed by atoms with van der Waals surface area (Å²) in [5.74, 6) is 0.982. The summed E-state index contributed by atoms with van der Waals surface area (Å²) in [5.41, 5.74) is 3.37. The lowest BCUT2D eigenvalue weighted by Gasteiger charge is -2.05. The van der Waals surface area contributed by atoms with E-state index in [0.29, 0.717) is 27.3 Å². The molecule has 0 radical (unpaired) electrons. The molecule has 2 rings (SSSR count). The number of nitrogens with zero attached hydrogens (tertiary/aromatic N) is 2. The monoisotopic (exact) mass is 303 g/mol. The number of hydrogen-bond acceptors (Lipinski definition) is 4. The largest absolute Gasteiger partial charge is 0.463 e. The van der Waals surface area contributed by atoms with Gasteiger partial charge in [-0.05, 0) is 25.1 Å². The van der Waals surface area contributed by atoms with Gasteiger partial charge in [0.05, 0.1) is 16.3 Å². The molecule has 0 saturated heterocycles. The summed E-state index contributed by atoms with van der Waals surface area (Å²) >= 11 is 17.5. The summed E-state index contributed by atoms with van der Waals surface area (Å²) in [4.78, 5) is 3.98. The minimum absolute atomic E-state index is 0.161. The molecule has 1 N–H and O–H groups in total. The minimum atomic E-state index is 0.161. The van der Waals surface area contributed by atoms with Crippen LogP contribution in [0.1, 0.15) is 12.7 Å². The Morgan fingerprint density at radius 2 is 2.11 bits per heavy atom. The molecular formula is C11H8Cl3N3O. The van der Waals surface area contributed by atoms with Crippen molar-refractivity contribution in [1.82, 2.24) is 4.98 Å². The fourth-order valence-corrected chi connectivity index (χ4v) is 1.74. The van der Waals surface area contributed by atoms with E-state index in [4.69, 9.17) is 39.2 Å². The third-order valence-corrected chi connectivity index (χ3v) is 3.06. The van der Waals surface area contributed by atoms with Crippen LogP contribution in [-0.2, 0) is 0 Å². The zero-order valence-corrected chi connectivity index (χ0v) is 11.5. The van der Waals surface area contributed by atoms with Crippen LogP contribution in [0, 0.1) is 0 Å². The molecule has 0 aliphatic heterocycles. The summed E-state index contributed by atoms with van der Waals surface area (Å²) < 4.78 is 5.19. The van der Waals surface area contributed by atoms with Gasteiger partial charge in [0, 0.05) is 0 Å². The van der Waals surface area contributed by atoms with E-state index >= 15 is 0 Å². The van der Waals surface area contributed by atoms with Gasteiger partial charge in [-0.25, -0.2) is 4.98 Å². The molecule has 0 atom stereocenters. The topological polar surface area (TPSA) is 50.4 Å². The lowest BCUT2D eigenvalue weighted by Crippen LogP contribution is -2.00. The number of hydrogen-bond donors (Lipinski definition) is 1. The minimum Gasteiger partial charge on any atom is -0.463 e. The van der Waals surface area contributed by atoms with Crippen LogP contribution in [0.2, 0.25) is 15.2 Å². The van der Waals surface area contributed by atoms with E-state index in [1.807, 2.05) is 0 Å². The van der Waals surface area contributed by atoms with Crippen molar-refractivity contribution in [3.8, 4) is 0 Å². The first-order valence-electron chi connectivity index (χ1n) is 4.93. The van der Waals surface area contributed by atoms with Crippen LogP contribution in [0.5, 0.6) is 0 Å². The Labute approximate surface area is 119 Å². The Morgan fingerprint density at radius 1 is 1.33 bits per heavy atom. The Hall–Kier alpha value is -1.23. The molecule has 0 saturated carbocycles. The zero-order valence-electron chi connectivity index (χ0n) is 9.25. The molecule has 0 unspecified atom stereocenters. The first-order valence-corrected chi connectivity index (χ1v) is 6.07. The number of pyridine rings is 1. The summed E-state index contributed by atoms with van der Waals surface area (Å²) in [7, 11) is 0. The van der Waals surface area contributed by atoms with Gasteiger partial charge in [-0.1, -0.05) is 34.8 Å². The molecule has 4 nitrogen and oxygen atoms in total. The van der Waals surface area contributed by atoms with Gasteiger partial charge in [-0.3, -0.25) is 5.43 Å². The standard InChI is InChI=1S/C11H8Cl3N3O/c1-6(9-3-2-4-18-9)16-17-11-8(13)5-7(12)10(14)15-11/h2-5H,1H3,(H,15,17). The summed E-state index contributed by atoms with van der Waals surface area (Å²) in [6, 6.07) is 5.07. The van der Waals surface area contributed by atoms with Crippen LogP contribution in [-0.4, -0.2) is 10.7 Å². The van der Waals surface area contributed by atoms with Gasteiger partial charge in [0.15, 0.2) is 5.82 Å². The van der Waals surface area contributed by atoms with Crippen LogP contribution in [0.3, 0.4) is 0 Å². The molecule has 0 amide bonds. The predicted octanol–water partition coefficient (Wildman–Crippen LogP) is 4.47. The fourth-order valence-electron chi connectivity index (χ4n) is 1.20. The molecule has 0 spiro atoms. The third-order valence-electron chi connectivity index (χ3n) is 2.09. The van der Waals surface area contributed by atoms with Crippen molar-refractivity contribution in [1.29, 1.82) is 0 Å². The molecule has 94 valence electrons. The third kappa shape index (κ3) is 2.96. The zero-order chi connectivity index (χ0) is 13.1. The SMILES string of the molecule is CC(=NNc1nc(Cl)c(Cl)cc1Cl)c1ccco1. The molecule has 18 heavy (non-hydrogen) atoms. The Morgan fingerprint density at radius 3 is 2.78 bits per heavy atom. The Bertz CT molecular complexity index is 581. The molecule has 0 aliphatic rings. The van der Waals surface area contributed by atoms with E-state index in [2.05, 4.69) is 15.5 Å². The number of nitrogens with one attached hydrogen (secondary N) is 1. The summed E-state index contributed by atoms with van der Waals surface area (Å²) in [6.45, 7) is 1.79. The van der Waals surface area contributed by atoms with Gasteiger partial charge in [0.1, 0.15) is 16.6 Å². The maximum absolute atomic E-state index is 5.95. The molecule has 0 fully saturated rings. The number of anilines is 1. The summed E-state index contributed by atoms with van der Waals surface area (Å²) in [6.07, 6.45) is 1.57. The lowest BCUT2D eigenvalue weighted by atomic mass is 10.3. The lowest BCUT2D eigenvalue weighted by molar-refractivity contribution is 0.557. The maximum Gasteiger partial charge on any atom is 0.166 e. The number of furan rings is 1. The second-order valence-electron chi connectivity index (χ2n) is 3.38. The van der Waals surface area contributed by atoms with E-state index in [1.54, 1.807) is 25.3 Å². The van der Waals surface area contributed by atoms with Crippen molar-refractivity contribution in [3.63, 3.8) is 0 Å². The highest BCUT2D eigenvalue weighted by Gasteiger charge is 2.07. The molecular weight excluding hydrogens is 297 g/mol. The van der Waals surface area contributed by atoms with E-state index in [9.17, 15) is 0 Å². The highest BCUT2D eigenvalue weighted by Crippen LogP contribution is 2.28. The van der Waals surface area contributed by atoms with E-state index in [-0.39, 0.29) is 5.15 Å². The fraction of sp³-hybridized carbons (Fsp3) is 0.0909. The number of halogens is 3. The van der Waals surface area contributed by atoms with Crippen LogP contribution >= 0.6 is 34.8 Å². The van der Waals surface area contributed by atoms with Crippen molar-refractivity contribution >= 4 is 46.3 Å². The van der Waals surface area contributed by atoms with Crippen LogP contribution in [0.25, 0.3) is 0 Å². The number of hydrazone groups is 1. The van der Waals surface area contributed by atoms with Crippen molar-refractivity contribution < 1.29 is 4.42 Å². The molecule has 2 aromatic heterocycles. The van der Waals surface area contributed by atoms with Gasteiger partial charge in [0.2, 0.25) is 0 Å². The van der Waals surface area contributed by atoms with Gasteiger partial charge in [-0.2, -0.15) is 5.10 Å². The predicted molar refractivity (Wildman–Crippen MR) is 73.8 cm³/mol. The highest BCUT2D eigenvalue weighted by atomic mass is 35.5. The molecule has 0 aromatic carbocycles. The van der Waals surface area contributed by atoms with Gasteiger partial charge < -0.3 is 4.42 Å².